The van der Waals surface area contributed by atoms with Crippen LogP contribution in [0.2, 0.25) is 0 Å². The molecule has 3 heterocycles. The van der Waals surface area contributed by atoms with Crippen LogP contribution in [0.25, 0.3) is 22.6 Å². The molecule has 0 fully saturated rings. The highest BCUT2D eigenvalue weighted by molar-refractivity contribution is 6.29. The fraction of sp³-hybridized carbons (Fsp3) is 0.357. The number of benzene rings is 1. The molecule has 6 rings (SSSR count). The van der Waals surface area contributed by atoms with Crippen LogP contribution in [-0.4, -0.2) is 91.3 Å². The van der Waals surface area contributed by atoms with E-state index in [1.54, 1.807) is 0 Å². The number of aliphatic hydroxyl groups excluding tert-OH is 1. The third-order valence-electron chi connectivity index (χ3n) is 7.39. The van der Waals surface area contributed by atoms with Crippen molar-refractivity contribution in [3.05, 3.63) is 63.7 Å². The van der Waals surface area contributed by atoms with Crippen LogP contribution in [0.1, 0.15) is 26.3 Å². The minimum atomic E-state index is -0.215. The van der Waals surface area contributed by atoms with Crippen LogP contribution >= 0.6 is 0 Å². The van der Waals surface area contributed by atoms with E-state index in [2.05, 4.69) is 28.1 Å². The molecule has 1 aromatic heterocycles. The third-order valence-corrected chi connectivity index (χ3v) is 7.39. The van der Waals surface area contributed by atoms with E-state index in [1.807, 2.05) is 43.3 Å². The highest BCUT2D eigenvalue weighted by Crippen LogP contribution is 2.40. The third kappa shape index (κ3) is 3.32. The molecule has 2 aliphatic carbocycles. The molecular weight excluding hydrogens is 456 g/mol. The Morgan fingerprint density at radius 2 is 1.94 bits per heavy atom. The fourth-order valence-corrected chi connectivity index (χ4v) is 5.82. The minimum Gasteiger partial charge on any atom is -0.394 e. The molecule has 2 aliphatic heterocycles. The number of amides is 2. The summed E-state index contributed by atoms with van der Waals surface area (Å²) in [7, 11) is 3.88. The molecule has 0 saturated heterocycles. The molecule has 0 spiro atoms. The molecule has 0 saturated carbocycles. The van der Waals surface area contributed by atoms with Gasteiger partial charge in [-0.3, -0.25) is 14.5 Å². The smallest absolute Gasteiger partial charge is 0.262 e. The number of fused-ring (bicyclic) bond motifs is 9. The maximum Gasteiger partial charge on any atom is 0.262 e. The Hall–Kier alpha value is -3.46. The van der Waals surface area contributed by atoms with Gasteiger partial charge in [0, 0.05) is 35.6 Å². The second kappa shape index (κ2) is 8.89. The summed E-state index contributed by atoms with van der Waals surface area (Å²) in [4.78, 5) is 37.0. The monoisotopic (exact) mass is 486 g/mol. The van der Waals surface area contributed by atoms with Crippen LogP contribution in [0.4, 0.5) is 5.69 Å². The van der Waals surface area contributed by atoms with Gasteiger partial charge in [-0.05, 0) is 37.7 Å². The predicted octanol–water partition coefficient (Wildman–Crippen LogP) is 0.693. The maximum atomic E-state index is 13.9. The van der Waals surface area contributed by atoms with Gasteiger partial charge in [0.15, 0.2) is 0 Å². The number of likely N-dealkylation sites (N-methyl/N-ethyl adjacent to an activating group) is 1. The Balaban J connectivity index is 1.63. The van der Waals surface area contributed by atoms with E-state index in [-0.39, 0.29) is 31.1 Å². The van der Waals surface area contributed by atoms with E-state index in [1.165, 1.54) is 4.90 Å². The normalized spacial score (nSPS) is 19.4. The Labute approximate surface area is 209 Å². The van der Waals surface area contributed by atoms with Crippen molar-refractivity contribution in [2.75, 3.05) is 58.5 Å². The summed E-state index contributed by atoms with van der Waals surface area (Å²) in [6.07, 6.45) is 15.0. The van der Waals surface area contributed by atoms with Crippen molar-refractivity contribution in [2.24, 2.45) is 0 Å². The van der Waals surface area contributed by atoms with E-state index < -0.39 is 0 Å². The number of H-pyrrole nitrogens is 1. The molecule has 0 bridgehead atoms. The Morgan fingerprint density at radius 1 is 1.11 bits per heavy atom. The van der Waals surface area contributed by atoms with Crippen molar-refractivity contribution < 1.29 is 19.4 Å². The number of hydrogen-bond donors (Lipinski definition) is 2. The number of aromatic amines is 1. The molecule has 8 heteroatoms. The van der Waals surface area contributed by atoms with Gasteiger partial charge in [0.05, 0.1) is 48.2 Å². The Kier molecular flexibility index (Phi) is 5.67. The summed E-state index contributed by atoms with van der Waals surface area (Å²) in [5.41, 5.74) is 4.99. The largest absolute Gasteiger partial charge is 0.394 e. The Bertz CT molecular complexity index is 1490. The first kappa shape index (κ1) is 23.0. The fourth-order valence-electron chi connectivity index (χ4n) is 5.82. The topological polar surface area (TPSA) is 89.1 Å². The summed E-state index contributed by atoms with van der Waals surface area (Å²) >= 11 is 0. The van der Waals surface area contributed by atoms with Crippen molar-refractivity contribution in [1.29, 1.82) is 0 Å². The number of nitrogens with zero attached hydrogens (tertiary/aromatic N) is 3. The average molecular weight is 487 g/mol. The average Bonchev–Trinajstić information content (AvgIpc) is 3.49. The summed E-state index contributed by atoms with van der Waals surface area (Å²) in [5.74, 6) is -0.425. The molecule has 1 unspecified atom stereocenters. The molecule has 1 aromatic carbocycles. The van der Waals surface area contributed by atoms with Crippen molar-refractivity contribution in [1.82, 2.24) is 14.8 Å². The number of ether oxygens (including phenoxy) is 1. The number of carbonyl (C=O) groups is 2. The van der Waals surface area contributed by atoms with Crippen LogP contribution in [0.15, 0.2) is 36.5 Å². The number of anilines is 1. The zero-order chi connectivity index (χ0) is 25.0. The van der Waals surface area contributed by atoms with Gasteiger partial charge < -0.3 is 24.6 Å². The minimum absolute atomic E-state index is 0.0244. The van der Waals surface area contributed by atoms with Crippen molar-refractivity contribution >= 4 is 40.1 Å². The molecule has 0 radical (unpaired) electrons. The number of carbonyl (C=O) groups excluding carboxylic acids is 2. The number of rotatable bonds is 8. The van der Waals surface area contributed by atoms with Gasteiger partial charge in [0.25, 0.3) is 11.8 Å². The zero-order valence-electron chi connectivity index (χ0n) is 20.6. The first-order valence-corrected chi connectivity index (χ1v) is 12.5. The van der Waals surface area contributed by atoms with Gasteiger partial charge in [-0.2, -0.15) is 0 Å². The van der Waals surface area contributed by atoms with Crippen LogP contribution in [0.3, 0.4) is 0 Å². The van der Waals surface area contributed by atoms with E-state index in [0.29, 0.717) is 43.8 Å². The molecule has 2 N–H and O–H groups in total. The molecule has 36 heavy (non-hydrogen) atoms. The van der Waals surface area contributed by atoms with Crippen molar-refractivity contribution in [2.45, 2.75) is 12.5 Å². The standard InChI is InChI=1S/C28H30N4O4/c1-30(2)11-12-32-27(34)23-21-17-7-3-5-9-19(17)29-25(21)26-22(24(23)28(32)35)18-8-4-6-10-20(18)31(26)13-15-36-16-14-33/h3-6,8-10,20,29,33H,7,11-16H2,1-2H3. The number of allylic oxidation sites excluding steroid dienone is 4. The lowest BCUT2D eigenvalue weighted by molar-refractivity contribution is 0.0645. The number of nitrogens with one attached hydrogen (secondary N) is 1. The van der Waals surface area contributed by atoms with Gasteiger partial charge in [0.1, 0.15) is 0 Å². The van der Waals surface area contributed by atoms with Gasteiger partial charge in [-0.25, -0.2) is 0 Å². The van der Waals surface area contributed by atoms with Gasteiger partial charge in [-0.15, -0.1) is 0 Å². The molecule has 2 amide bonds. The van der Waals surface area contributed by atoms with E-state index in [9.17, 15) is 9.59 Å². The van der Waals surface area contributed by atoms with Crippen LogP contribution in [0, 0.1) is 0 Å². The highest BCUT2D eigenvalue weighted by atomic mass is 16.5. The first-order chi connectivity index (χ1) is 17.5. The molecule has 8 nitrogen and oxygen atoms in total. The summed E-state index contributed by atoms with van der Waals surface area (Å²) in [6, 6.07) is -0.0569. The Morgan fingerprint density at radius 3 is 2.75 bits per heavy atom. The van der Waals surface area contributed by atoms with Gasteiger partial charge in [-0.1, -0.05) is 36.5 Å². The number of aliphatic hydroxyl groups is 1. The summed E-state index contributed by atoms with van der Waals surface area (Å²) in [6.45, 7) is 2.24. The molecule has 4 aliphatic rings. The molecule has 186 valence electrons. The second-order valence-corrected chi connectivity index (χ2v) is 9.78. The number of hydrogen-bond acceptors (Lipinski definition) is 6. The molecule has 1 atom stereocenters. The van der Waals surface area contributed by atoms with Gasteiger partial charge in [0.2, 0.25) is 0 Å². The quantitative estimate of drug-likeness (QED) is 0.422. The highest BCUT2D eigenvalue weighted by Gasteiger charge is 2.44. The van der Waals surface area contributed by atoms with Crippen LogP contribution in [-0.2, 0) is 11.2 Å². The predicted molar refractivity (Wildman–Crippen MR) is 140 cm³/mol. The van der Waals surface area contributed by atoms with E-state index >= 15 is 0 Å². The number of imide groups is 1. The summed E-state index contributed by atoms with van der Waals surface area (Å²) < 4.78 is 5.63. The lowest BCUT2D eigenvalue weighted by atomic mass is 9.94. The van der Waals surface area contributed by atoms with E-state index in [4.69, 9.17) is 9.84 Å². The zero-order valence-corrected chi connectivity index (χ0v) is 20.6. The number of aromatic nitrogens is 1. The lowest BCUT2D eigenvalue weighted by Gasteiger charge is -2.28. The van der Waals surface area contributed by atoms with Crippen molar-refractivity contribution in [3.8, 4) is 0 Å². The van der Waals surface area contributed by atoms with E-state index in [0.717, 1.165) is 38.3 Å². The first-order valence-electron chi connectivity index (χ1n) is 12.5. The SMILES string of the molecule is CN(C)CCN1C(=O)c2c(c3c4c([nH]c3c3c2=C2C=CC=CC2N3CCOCCO)=CC=CC4)C1=O. The maximum absolute atomic E-state index is 13.9. The summed E-state index contributed by atoms with van der Waals surface area (Å²) in [5, 5.41) is 11.8. The van der Waals surface area contributed by atoms with Crippen LogP contribution < -0.4 is 15.5 Å². The molecular formula is C28H30N4O4. The second-order valence-electron chi connectivity index (χ2n) is 9.78. The molecule has 2 aromatic rings. The van der Waals surface area contributed by atoms with Gasteiger partial charge >= 0.3 is 0 Å². The van der Waals surface area contributed by atoms with Crippen LogP contribution in [0.5, 0.6) is 0 Å². The lowest BCUT2D eigenvalue weighted by Crippen LogP contribution is -2.36. The van der Waals surface area contributed by atoms with Crippen molar-refractivity contribution in [3.63, 3.8) is 0 Å².